The lowest BCUT2D eigenvalue weighted by atomic mass is 9.70. The van der Waals surface area contributed by atoms with Crippen molar-refractivity contribution in [1.82, 2.24) is 0 Å². The van der Waals surface area contributed by atoms with Gasteiger partial charge >= 0.3 is 0 Å². The minimum atomic E-state index is -2.83. The molecular weight excluding hydrogens is 1020 g/mol. The third kappa shape index (κ3) is 6.32. The van der Waals surface area contributed by atoms with Crippen LogP contribution in [-0.2, 0) is 5.41 Å². The van der Waals surface area contributed by atoms with E-state index in [9.17, 15) is 0 Å². The second-order valence-corrected chi connectivity index (χ2v) is 30.0. The number of hydrogen-bond acceptors (Lipinski definition) is 1. The van der Waals surface area contributed by atoms with E-state index in [0.29, 0.717) is 0 Å². The fourth-order valence-electron chi connectivity index (χ4n) is 15.7. The minimum absolute atomic E-state index is 0.431. The van der Waals surface area contributed by atoms with Crippen molar-refractivity contribution in [3.63, 3.8) is 0 Å². The van der Waals surface area contributed by atoms with Crippen LogP contribution >= 0.6 is 0 Å². The molecule has 4 aliphatic rings. The van der Waals surface area contributed by atoms with Gasteiger partial charge in [-0.15, -0.1) is 0 Å². The zero-order chi connectivity index (χ0) is 54.0. The Balaban J connectivity index is 0.867. The third-order valence-electron chi connectivity index (χ3n) is 18.9. The van der Waals surface area contributed by atoms with Crippen molar-refractivity contribution in [3.8, 4) is 55.6 Å². The SMILES string of the molecule is c1ccc([Si]2(c3cccc(-c4ccc(N(c5ccc6c(c5)-c5ccccc5C65c6ccccc6-c6ccccc65)c5ccc6c(c5)[Si](c5ccccc5)(c5ccccc5)c5ccccc5-6)cc4)c3)c3ccccc3-c3ccccc32)cc1. The molecule has 0 bridgehead atoms. The lowest BCUT2D eigenvalue weighted by molar-refractivity contribution is 0.794. The van der Waals surface area contributed by atoms with Crippen molar-refractivity contribution in [1.29, 1.82) is 0 Å². The van der Waals surface area contributed by atoms with Crippen LogP contribution < -0.4 is 46.4 Å². The molecule has 2 aliphatic heterocycles. The molecule has 0 amide bonds. The van der Waals surface area contributed by atoms with Gasteiger partial charge in [0.15, 0.2) is 16.1 Å². The number of nitrogens with zero attached hydrogens (tertiary/aromatic N) is 1. The number of anilines is 3. The Hall–Kier alpha value is -9.91. The second-order valence-electron chi connectivity index (χ2n) is 22.5. The van der Waals surface area contributed by atoms with E-state index in [1.807, 2.05) is 0 Å². The van der Waals surface area contributed by atoms with Crippen LogP contribution in [0.4, 0.5) is 17.1 Å². The minimum Gasteiger partial charge on any atom is -0.310 e. The summed E-state index contributed by atoms with van der Waals surface area (Å²) in [5, 5.41) is 11.4. The van der Waals surface area contributed by atoms with E-state index in [-0.39, 0.29) is 0 Å². The smallest absolute Gasteiger partial charge is 0.180 e. The van der Waals surface area contributed by atoms with Gasteiger partial charge in [-0.25, -0.2) is 0 Å². The van der Waals surface area contributed by atoms with Gasteiger partial charge in [-0.05, 0) is 156 Å². The van der Waals surface area contributed by atoms with E-state index in [0.717, 1.165) is 17.1 Å². The molecule has 1 spiro atoms. The molecule has 0 N–H and O–H groups in total. The predicted octanol–water partition coefficient (Wildman–Crippen LogP) is 13.9. The Morgan fingerprint density at radius 3 is 1.09 bits per heavy atom. The number of hydrogen-bond donors (Lipinski definition) is 0. The maximum atomic E-state index is 2.57. The van der Waals surface area contributed by atoms with Crippen molar-refractivity contribution in [2.75, 3.05) is 4.90 Å². The molecular formula is C79H53NSi2. The van der Waals surface area contributed by atoms with Gasteiger partial charge in [0.25, 0.3) is 0 Å². The normalized spacial score (nSPS) is 14.4. The van der Waals surface area contributed by atoms with Crippen molar-refractivity contribution < 1.29 is 0 Å². The Morgan fingerprint density at radius 2 is 0.573 bits per heavy atom. The van der Waals surface area contributed by atoms with Crippen molar-refractivity contribution in [2.45, 2.75) is 5.41 Å². The molecule has 0 saturated carbocycles. The van der Waals surface area contributed by atoms with E-state index in [2.05, 4.69) is 326 Å². The molecule has 2 heterocycles. The van der Waals surface area contributed by atoms with E-state index >= 15 is 0 Å². The quantitative estimate of drug-likeness (QED) is 0.137. The second kappa shape index (κ2) is 18.1. The van der Waals surface area contributed by atoms with E-state index in [1.165, 1.54) is 119 Å². The standard InChI is InChI=1S/C79H53NSi2/c1-4-24-59(25-5-1)81(60-26-6-2-7-27-60)75-40-19-15-36-68(75)69-49-47-58(53-78(69)81)80(57-48-50-74-70(52-57)65-33-12-18-39-73(65)79(74)71-37-16-10-31-63(71)64-32-11-17-38-72(64)79)56-45-43-54(44-46-56)55-23-22-30-62(51-55)82(61-28-8-3-9-29-61)76-41-20-13-34-66(76)67-35-14-21-42-77(67)82/h1-53H. The van der Waals surface area contributed by atoms with Gasteiger partial charge < -0.3 is 4.90 Å². The van der Waals surface area contributed by atoms with Gasteiger partial charge in [0.2, 0.25) is 0 Å². The molecule has 0 aromatic heterocycles. The molecule has 0 fully saturated rings. The maximum absolute atomic E-state index is 2.83. The molecule has 0 radical (unpaired) electrons. The average molecular weight is 1070 g/mol. The topological polar surface area (TPSA) is 3.24 Å². The van der Waals surface area contributed by atoms with E-state index < -0.39 is 21.6 Å². The summed E-state index contributed by atoms with van der Waals surface area (Å²) in [5.41, 5.74) is 21.3. The van der Waals surface area contributed by atoms with Crippen LogP contribution in [0.15, 0.2) is 322 Å². The van der Waals surface area contributed by atoms with Gasteiger partial charge in [-0.2, -0.15) is 0 Å². The Morgan fingerprint density at radius 1 is 0.207 bits per heavy atom. The first kappa shape index (κ1) is 47.0. The average Bonchev–Trinajstić information content (AvgIpc) is 1.66. The Bertz CT molecular complexity index is 4570. The van der Waals surface area contributed by atoms with Crippen LogP contribution in [0, 0.1) is 0 Å². The fraction of sp³-hybridized carbons (Fsp3) is 0.0127. The fourth-order valence-corrected chi connectivity index (χ4v) is 26.1. The van der Waals surface area contributed by atoms with Crippen molar-refractivity contribution in [3.05, 3.63) is 344 Å². The monoisotopic (exact) mass is 1070 g/mol. The number of benzene rings is 13. The van der Waals surface area contributed by atoms with Crippen LogP contribution in [0.5, 0.6) is 0 Å². The van der Waals surface area contributed by atoms with Crippen LogP contribution in [-0.4, -0.2) is 16.1 Å². The largest absolute Gasteiger partial charge is 0.310 e. The zero-order valence-corrected chi connectivity index (χ0v) is 47.0. The maximum Gasteiger partial charge on any atom is 0.180 e. The summed E-state index contributed by atoms with van der Waals surface area (Å²) in [7, 11) is -5.52. The molecule has 82 heavy (non-hydrogen) atoms. The molecule has 1 nitrogen and oxygen atoms in total. The lowest BCUT2D eigenvalue weighted by Gasteiger charge is -2.33. The Labute approximate surface area is 481 Å². The molecule has 382 valence electrons. The molecule has 0 atom stereocenters. The predicted molar refractivity (Wildman–Crippen MR) is 348 cm³/mol. The van der Waals surface area contributed by atoms with Crippen LogP contribution in [0.3, 0.4) is 0 Å². The molecule has 3 heteroatoms. The molecule has 17 rings (SSSR count). The highest BCUT2D eigenvalue weighted by Gasteiger charge is 2.53. The summed E-state index contributed by atoms with van der Waals surface area (Å²) < 4.78 is 0. The van der Waals surface area contributed by atoms with Crippen LogP contribution in [0.2, 0.25) is 0 Å². The van der Waals surface area contributed by atoms with Crippen LogP contribution in [0.1, 0.15) is 22.3 Å². The van der Waals surface area contributed by atoms with E-state index in [4.69, 9.17) is 0 Å². The first-order valence-corrected chi connectivity index (χ1v) is 32.7. The molecule has 0 saturated heterocycles. The van der Waals surface area contributed by atoms with Gasteiger partial charge in [-0.1, -0.05) is 285 Å². The van der Waals surface area contributed by atoms with Gasteiger partial charge in [-0.3, -0.25) is 0 Å². The number of fused-ring (bicyclic) bond motifs is 16. The van der Waals surface area contributed by atoms with Crippen molar-refractivity contribution >= 4 is 74.7 Å². The van der Waals surface area contributed by atoms with Crippen LogP contribution in [0.25, 0.3) is 55.6 Å². The van der Waals surface area contributed by atoms with Crippen molar-refractivity contribution in [2.24, 2.45) is 0 Å². The first-order valence-electron chi connectivity index (χ1n) is 28.7. The highest BCUT2D eigenvalue weighted by atomic mass is 28.3. The third-order valence-corrected chi connectivity index (χ3v) is 28.6. The number of rotatable bonds is 8. The summed E-state index contributed by atoms with van der Waals surface area (Å²) in [5.74, 6) is 0. The molecule has 0 unspecified atom stereocenters. The van der Waals surface area contributed by atoms with Gasteiger partial charge in [0.05, 0.1) is 5.41 Å². The molecule has 13 aromatic carbocycles. The highest BCUT2D eigenvalue weighted by Crippen LogP contribution is 2.63. The summed E-state index contributed by atoms with van der Waals surface area (Å²) in [6, 6.07) is 123. The first-order chi connectivity index (χ1) is 40.7. The van der Waals surface area contributed by atoms with Gasteiger partial charge in [0.1, 0.15) is 0 Å². The Kier molecular flexibility index (Phi) is 10.3. The van der Waals surface area contributed by atoms with E-state index in [1.54, 1.807) is 0 Å². The summed E-state index contributed by atoms with van der Waals surface area (Å²) in [6.45, 7) is 0. The highest BCUT2D eigenvalue weighted by molar-refractivity contribution is 7.23. The molecule has 13 aromatic rings. The lowest BCUT2D eigenvalue weighted by Crippen LogP contribution is -2.72. The van der Waals surface area contributed by atoms with Gasteiger partial charge in [0, 0.05) is 17.1 Å². The zero-order valence-electron chi connectivity index (χ0n) is 45.0. The molecule has 2 aliphatic carbocycles. The summed E-state index contributed by atoms with van der Waals surface area (Å²) >= 11 is 0. The summed E-state index contributed by atoms with van der Waals surface area (Å²) in [6.07, 6.45) is 0. The summed E-state index contributed by atoms with van der Waals surface area (Å²) in [4.78, 5) is 2.53.